The number of piperidine rings is 1. The first-order valence-electron chi connectivity index (χ1n) is 13.2. The van der Waals surface area contributed by atoms with Crippen LogP contribution in [0.3, 0.4) is 0 Å². The Morgan fingerprint density at radius 2 is 2.02 bits per heavy atom. The lowest BCUT2D eigenvalue weighted by Gasteiger charge is -2.39. The summed E-state index contributed by atoms with van der Waals surface area (Å²) in [5, 5.41) is 3.50. The Labute approximate surface area is 239 Å². The zero-order valence-electron chi connectivity index (χ0n) is 22.2. The highest BCUT2D eigenvalue weighted by Gasteiger charge is 2.46. The molecule has 5 rings (SSSR count). The van der Waals surface area contributed by atoms with Crippen LogP contribution in [-0.2, 0) is 9.53 Å². The second-order valence-corrected chi connectivity index (χ2v) is 10.6. The molecule has 4 heterocycles. The van der Waals surface area contributed by atoms with Crippen LogP contribution in [0.25, 0.3) is 11.3 Å². The van der Waals surface area contributed by atoms with Gasteiger partial charge in [0.25, 0.3) is 0 Å². The maximum Gasteiger partial charge on any atom is 0.429 e. The molecule has 3 N–H and O–H groups in total. The van der Waals surface area contributed by atoms with Crippen LogP contribution in [0.4, 0.5) is 24.9 Å². The van der Waals surface area contributed by atoms with E-state index in [1.807, 2.05) is 4.90 Å². The van der Waals surface area contributed by atoms with Gasteiger partial charge in [-0.1, -0.05) is 17.7 Å². The van der Waals surface area contributed by atoms with Gasteiger partial charge in [0.1, 0.15) is 11.9 Å². The van der Waals surface area contributed by atoms with Crippen LogP contribution in [0.1, 0.15) is 37.9 Å². The van der Waals surface area contributed by atoms with Crippen LogP contribution in [-0.4, -0.2) is 64.4 Å². The minimum Gasteiger partial charge on any atom is -0.465 e. The molecule has 14 heteroatoms. The van der Waals surface area contributed by atoms with E-state index in [1.165, 1.54) is 42.9 Å². The summed E-state index contributed by atoms with van der Waals surface area (Å²) < 4.78 is 53.9. The first kappa shape index (κ1) is 28.8. The molecule has 2 saturated heterocycles. The number of nitrogens with two attached hydrogens (primary N) is 1. The smallest absolute Gasteiger partial charge is 0.429 e. The van der Waals surface area contributed by atoms with Gasteiger partial charge in [-0.3, -0.25) is 14.8 Å². The van der Waals surface area contributed by atoms with Crippen molar-refractivity contribution in [2.75, 3.05) is 36.9 Å². The third-order valence-corrected chi connectivity index (χ3v) is 7.69. The normalized spacial score (nSPS) is 19.2. The lowest BCUT2D eigenvalue weighted by Crippen LogP contribution is -2.41. The fraction of sp³-hybridized carbons (Fsp3) is 0.444. The van der Waals surface area contributed by atoms with Crippen LogP contribution < -0.4 is 20.7 Å². The van der Waals surface area contributed by atoms with E-state index in [1.54, 1.807) is 6.92 Å². The molecule has 1 spiro atoms. The number of alkyl halides is 3. The fourth-order valence-corrected chi connectivity index (χ4v) is 5.59. The van der Waals surface area contributed by atoms with Crippen molar-refractivity contribution in [3.05, 3.63) is 53.4 Å². The molecule has 2 fully saturated rings. The number of carbonyl (C=O) groups is 1. The van der Waals surface area contributed by atoms with E-state index in [9.17, 15) is 18.0 Å². The summed E-state index contributed by atoms with van der Waals surface area (Å²) in [6.07, 6.45) is -0.881. The van der Waals surface area contributed by atoms with Crippen LogP contribution in [0.2, 0.25) is 5.02 Å². The Hall–Kier alpha value is -3.71. The standard InChI is InChI=1S/C27H29ClF3N7O3/c1-2-40-24(39)19-13-26(15-35-19)5-9-38(10-6-26)21-12-22(37-25(32)36-21)41-23(27(29,30)31)17-4-3-16(28)11-18(17)20-14-33-7-8-34-20/h3-4,7-8,11-12,14,19,23,35H,2,5-6,9-10,13,15H2,1H3,(H2,32,36,37)/t19?,23-/m1/s1. The number of nitrogen functional groups attached to an aromatic ring is 1. The van der Waals surface area contributed by atoms with Crippen LogP contribution in [0, 0.1) is 5.41 Å². The van der Waals surface area contributed by atoms with E-state index >= 15 is 0 Å². The lowest BCUT2D eigenvalue weighted by molar-refractivity contribution is -0.198. The number of rotatable bonds is 7. The molecular weight excluding hydrogens is 563 g/mol. The molecule has 41 heavy (non-hydrogen) atoms. The molecule has 3 aromatic rings. The molecule has 0 bridgehead atoms. The molecule has 2 atom stereocenters. The Morgan fingerprint density at radius 1 is 1.24 bits per heavy atom. The summed E-state index contributed by atoms with van der Waals surface area (Å²) in [6.45, 7) is 3.93. The average Bonchev–Trinajstić information content (AvgIpc) is 3.35. The summed E-state index contributed by atoms with van der Waals surface area (Å²) >= 11 is 6.12. The van der Waals surface area contributed by atoms with Crippen molar-refractivity contribution in [2.45, 2.75) is 44.5 Å². The molecule has 2 aliphatic heterocycles. The van der Waals surface area contributed by atoms with Gasteiger partial charge in [-0.2, -0.15) is 23.1 Å². The predicted molar refractivity (Wildman–Crippen MR) is 145 cm³/mol. The van der Waals surface area contributed by atoms with Gasteiger partial charge in [0.05, 0.1) is 18.5 Å². The Morgan fingerprint density at radius 3 is 2.71 bits per heavy atom. The maximum atomic E-state index is 14.4. The van der Waals surface area contributed by atoms with Crippen LogP contribution in [0.5, 0.6) is 5.88 Å². The first-order chi connectivity index (χ1) is 19.6. The zero-order chi connectivity index (χ0) is 29.2. The van der Waals surface area contributed by atoms with Crippen molar-refractivity contribution < 1.29 is 27.4 Å². The highest BCUT2D eigenvalue weighted by atomic mass is 35.5. The number of benzene rings is 1. The SMILES string of the molecule is CCOC(=O)C1CC2(CCN(c3cc(O[C@H](c4ccc(Cl)cc4-c4cnccn4)C(F)(F)F)nc(N)n3)CC2)CN1. The highest BCUT2D eigenvalue weighted by molar-refractivity contribution is 6.30. The number of hydrogen-bond donors (Lipinski definition) is 2. The monoisotopic (exact) mass is 591 g/mol. The molecule has 0 amide bonds. The molecule has 0 aliphatic carbocycles. The van der Waals surface area contributed by atoms with Gasteiger partial charge in [0.15, 0.2) is 0 Å². The van der Waals surface area contributed by atoms with Crippen molar-refractivity contribution in [3.8, 4) is 17.1 Å². The Bertz CT molecular complexity index is 1390. The van der Waals surface area contributed by atoms with Crippen molar-refractivity contribution in [1.82, 2.24) is 25.3 Å². The van der Waals surface area contributed by atoms with Crippen LogP contribution in [0.15, 0.2) is 42.9 Å². The predicted octanol–water partition coefficient (Wildman–Crippen LogP) is 4.36. The van der Waals surface area contributed by atoms with Gasteiger partial charge in [0.2, 0.25) is 17.9 Å². The zero-order valence-corrected chi connectivity index (χ0v) is 23.0. The van der Waals surface area contributed by atoms with E-state index in [0.717, 1.165) is 12.8 Å². The molecule has 2 aromatic heterocycles. The third kappa shape index (κ3) is 6.46. The second kappa shape index (κ2) is 11.6. The second-order valence-electron chi connectivity index (χ2n) is 10.2. The van der Waals surface area contributed by atoms with E-state index < -0.39 is 12.3 Å². The minimum atomic E-state index is -4.81. The van der Waals surface area contributed by atoms with Gasteiger partial charge in [-0.25, -0.2) is 0 Å². The number of aromatic nitrogens is 4. The molecular formula is C27H29ClF3N7O3. The highest BCUT2D eigenvalue weighted by Crippen LogP contribution is 2.43. The maximum absolute atomic E-state index is 14.4. The molecule has 1 aromatic carbocycles. The van der Waals surface area contributed by atoms with E-state index in [4.69, 9.17) is 26.8 Å². The van der Waals surface area contributed by atoms with E-state index in [2.05, 4.69) is 25.3 Å². The molecule has 2 aliphatic rings. The van der Waals surface area contributed by atoms with Gasteiger partial charge in [0, 0.05) is 54.2 Å². The fourth-order valence-electron chi connectivity index (χ4n) is 5.41. The van der Waals surface area contributed by atoms with Gasteiger partial charge < -0.3 is 25.4 Å². The molecule has 0 saturated carbocycles. The van der Waals surface area contributed by atoms with Crippen molar-refractivity contribution >= 4 is 29.3 Å². The minimum absolute atomic E-state index is 0.0709. The number of nitrogens with one attached hydrogen (secondary N) is 1. The molecule has 1 unspecified atom stereocenters. The van der Waals surface area contributed by atoms with Crippen molar-refractivity contribution in [3.63, 3.8) is 0 Å². The third-order valence-electron chi connectivity index (χ3n) is 7.46. The number of esters is 1. The van der Waals surface area contributed by atoms with E-state index in [-0.39, 0.29) is 51.1 Å². The van der Waals surface area contributed by atoms with Gasteiger partial charge in [-0.15, -0.1) is 0 Å². The first-order valence-corrected chi connectivity index (χ1v) is 13.5. The summed E-state index contributed by atoms with van der Waals surface area (Å²) in [6, 6.07) is 5.01. The number of nitrogens with zero attached hydrogens (tertiary/aromatic N) is 5. The number of ether oxygens (including phenoxy) is 2. The van der Waals surface area contributed by atoms with Gasteiger partial charge in [-0.05, 0) is 43.7 Å². The Balaban J connectivity index is 1.36. The largest absolute Gasteiger partial charge is 0.465 e. The Kier molecular flexibility index (Phi) is 8.18. The summed E-state index contributed by atoms with van der Waals surface area (Å²) in [5.41, 5.74) is 5.98. The summed E-state index contributed by atoms with van der Waals surface area (Å²) in [7, 11) is 0. The number of hydrogen-bond acceptors (Lipinski definition) is 10. The quantitative estimate of drug-likeness (QED) is 0.382. The number of halogens is 4. The lowest BCUT2D eigenvalue weighted by atomic mass is 9.76. The van der Waals surface area contributed by atoms with Crippen molar-refractivity contribution in [1.29, 1.82) is 0 Å². The van der Waals surface area contributed by atoms with Gasteiger partial charge >= 0.3 is 12.1 Å². The summed E-state index contributed by atoms with van der Waals surface area (Å²) in [5.74, 6) is -0.421. The summed E-state index contributed by atoms with van der Waals surface area (Å²) in [4.78, 5) is 30.4. The molecule has 10 nitrogen and oxygen atoms in total. The molecule has 0 radical (unpaired) electrons. The number of anilines is 2. The van der Waals surface area contributed by atoms with E-state index in [0.29, 0.717) is 38.5 Å². The van der Waals surface area contributed by atoms with Crippen molar-refractivity contribution in [2.24, 2.45) is 5.41 Å². The molecule has 218 valence electrons. The van der Waals surface area contributed by atoms with Crippen LogP contribution >= 0.6 is 11.6 Å². The topological polar surface area (TPSA) is 128 Å². The average molecular weight is 592 g/mol. The number of carbonyl (C=O) groups excluding carboxylic acids is 1.